The van der Waals surface area contributed by atoms with Crippen LogP contribution in [0.15, 0.2) is 12.1 Å². The molecule has 0 atom stereocenters. The topological polar surface area (TPSA) is 56.3 Å². The van der Waals surface area contributed by atoms with E-state index in [1.54, 1.807) is 0 Å². The van der Waals surface area contributed by atoms with Crippen LogP contribution < -0.4 is 10.1 Å². The summed E-state index contributed by atoms with van der Waals surface area (Å²) in [6, 6.07) is 4.29. The normalized spacial score (nSPS) is 17.1. The molecule has 5 heteroatoms. The van der Waals surface area contributed by atoms with E-state index >= 15 is 0 Å². The Hall–Kier alpha value is -1.20. The van der Waals surface area contributed by atoms with Crippen molar-refractivity contribution in [3.63, 3.8) is 0 Å². The second-order valence-electron chi connectivity index (χ2n) is 4.83. The van der Waals surface area contributed by atoms with Gasteiger partial charge in [0.15, 0.2) is 0 Å². The monoisotopic (exact) mass is 251 g/mol. The Morgan fingerprint density at radius 2 is 2.11 bits per heavy atom. The fourth-order valence-corrected chi connectivity index (χ4v) is 1.78. The summed E-state index contributed by atoms with van der Waals surface area (Å²) < 4.78 is 11.0. The molecule has 0 aliphatic carbocycles. The molecule has 5 nitrogen and oxygen atoms in total. The first-order valence-corrected chi connectivity index (χ1v) is 6.54. The van der Waals surface area contributed by atoms with Crippen molar-refractivity contribution >= 4 is 0 Å². The minimum absolute atomic E-state index is 0.215. The summed E-state index contributed by atoms with van der Waals surface area (Å²) in [6.07, 6.45) is 2.07. The van der Waals surface area contributed by atoms with Gasteiger partial charge in [-0.05, 0) is 6.07 Å². The van der Waals surface area contributed by atoms with E-state index in [1.165, 1.54) is 0 Å². The Labute approximate surface area is 108 Å². The van der Waals surface area contributed by atoms with Crippen molar-refractivity contribution in [1.82, 2.24) is 15.5 Å². The van der Waals surface area contributed by atoms with E-state index in [4.69, 9.17) is 9.47 Å². The van der Waals surface area contributed by atoms with Crippen LogP contribution in [0.4, 0.5) is 0 Å². The third-order valence-corrected chi connectivity index (χ3v) is 2.84. The van der Waals surface area contributed by atoms with Crippen LogP contribution in [-0.2, 0) is 11.3 Å². The first-order chi connectivity index (χ1) is 8.74. The van der Waals surface area contributed by atoms with Gasteiger partial charge < -0.3 is 14.8 Å². The van der Waals surface area contributed by atoms with E-state index in [9.17, 15) is 0 Å². The second kappa shape index (κ2) is 6.66. The van der Waals surface area contributed by atoms with Gasteiger partial charge in [-0.15, -0.1) is 5.10 Å². The minimum Gasteiger partial charge on any atom is -0.473 e. The highest BCUT2D eigenvalue weighted by atomic mass is 16.5. The molecule has 0 aromatic carbocycles. The molecule has 0 unspecified atom stereocenters. The van der Waals surface area contributed by atoms with E-state index in [1.807, 2.05) is 12.1 Å². The van der Waals surface area contributed by atoms with Gasteiger partial charge >= 0.3 is 0 Å². The van der Waals surface area contributed by atoms with Crippen molar-refractivity contribution in [1.29, 1.82) is 0 Å². The Kier molecular flexibility index (Phi) is 4.90. The molecule has 0 radical (unpaired) electrons. The lowest BCUT2D eigenvalue weighted by atomic mass is 10.1. The van der Waals surface area contributed by atoms with Gasteiger partial charge in [0.05, 0.1) is 18.9 Å². The zero-order valence-electron chi connectivity index (χ0n) is 11.1. The van der Waals surface area contributed by atoms with Gasteiger partial charge in [0.1, 0.15) is 6.10 Å². The number of ether oxygens (including phenoxy) is 2. The SMILES string of the molecule is CC(C)NCc1ccc(OC2CCOCC2)nn1. The zero-order chi connectivity index (χ0) is 12.8. The molecule has 1 aromatic rings. The Morgan fingerprint density at radius 3 is 2.72 bits per heavy atom. The maximum absolute atomic E-state index is 5.76. The van der Waals surface area contributed by atoms with Gasteiger partial charge in [-0.1, -0.05) is 13.8 Å². The van der Waals surface area contributed by atoms with E-state index in [0.29, 0.717) is 11.9 Å². The third-order valence-electron chi connectivity index (χ3n) is 2.84. The molecular formula is C13H21N3O2. The van der Waals surface area contributed by atoms with Crippen molar-refractivity contribution < 1.29 is 9.47 Å². The summed E-state index contributed by atoms with van der Waals surface area (Å²) in [5, 5.41) is 11.5. The van der Waals surface area contributed by atoms with Crippen molar-refractivity contribution in [2.45, 2.75) is 45.4 Å². The predicted octanol–water partition coefficient (Wildman–Crippen LogP) is 1.53. The van der Waals surface area contributed by atoms with Crippen LogP contribution in [0.2, 0.25) is 0 Å². The number of aromatic nitrogens is 2. The molecule has 0 amide bonds. The molecule has 1 aliphatic rings. The zero-order valence-corrected chi connectivity index (χ0v) is 11.1. The van der Waals surface area contributed by atoms with Crippen LogP contribution in [0.5, 0.6) is 5.88 Å². The first-order valence-electron chi connectivity index (χ1n) is 6.54. The molecule has 1 fully saturated rings. The standard InChI is InChI=1S/C13H21N3O2/c1-10(2)14-9-11-3-4-13(16-15-11)18-12-5-7-17-8-6-12/h3-4,10,12,14H,5-9H2,1-2H3. The highest BCUT2D eigenvalue weighted by Crippen LogP contribution is 2.14. The smallest absolute Gasteiger partial charge is 0.233 e. The highest BCUT2D eigenvalue weighted by Gasteiger charge is 2.15. The van der Waals surface area contributed by atoms with Crippen LogP contribution in [0.25, 0.3) is 0 Å². The maximum Gasteiger partial charge on any atom is 0.233 e. The minimum atomic E-state index is 0.215. The number of nitrogens with zero attached hydrogens (tertiary/aromatic N) is 2. The summed E-state index contributed by atoms with van der Waals surface area (Å²) in [4.78, 5) is 0. The lowest BCUT2D eigenvalue weighted by Crippen LogP contribution is -2.26. The molecule has 1 saturated heterocycles. The fourth-order valence-electron chi connectivity index (χ4n) is 1.78. The summed E-state index contributed by atoms with van der Waals surface area (Å²) in [7, 11) is 0. The summed E-state index contributed by atoms with van der Waals surface area (Å²) in [6.45, 7) is 6.50. The molecular weight excluding hydrogens is 230 g/mol. The number of rotatable bonds is 5. The van der Waals surface area contributed by atoms with Crippen LogP contribution in [0, 0.1) is 0 Å². The number of hydrogen-bond acceptors (Lipinski definition) is 5. The molecule has 100 valence electrons. The average molecular weight is 251 g/mol. The van der Waals surface area contributed by atoms with Crippen LogP contribution in [0.1, 0.15) is 32.4 Å². The van der Waals surface area contributed by atoms with Gasteiger partial charge in [0.2, 0.25) is 5.88 Å². The van der Waals surface area contributed by atoms with E-state index < -0.39 is 0 Å². The lowest BCUT2D eigenvalue weighted by molar-refractivity contribution is 0.0233. The quantitative estimate of drug-likeness (QED) is 0.860. The molecule has 1 aromatic heterocycles. The molecule has 18 heavy (non-hydrogen) atoms. The Morgan fingerprint density at radius 1 is 1.33 bits per heavy atom. The van der Waals surface area contributed by atoms with Gasteiger partial charge in [0, 0.05) is 31.5 Å². The molecule has 1 aliphatic heterocycles. The largest absolute Gasteiger partial charge is 0.473 e. The maximum atomic E-state index is 5.76. The summed E-state index contributed by atoms with van der Waals surface area (Å²) >= 11 is 0. The van der Waals surface area contributed by atoms with Crippen molar-refractivity contribution in [2.75, 3.05) is 13.2 Å². The summed E-state index contributed by atoms with van der Waals surface area (Å²) in [5.74, 6) is 0.607. The molecule has 0 saturated carbocycles. The second-order valence-corrected chi connectivity index (χ2v) is 4.83. The Bertz CT molecular complexity index is 348. The third kappa shape index (κ3) is 4.23. The van der Waals surface area contributed by atoms with Gasteiger partial charge in [-0.3, -0.25) is 0 Å². The first kappa shape index (κ1) is 13.2. The lowest BCUT2D eigenvalue weighted by Gasteiger charge is -2.22. The van der Waals surface area contributed by atoms with Crippen molar-refractivity contribution in [3.05, 3.63) is 17.8 Å². The number of nitrogens with one attached hydrogen (secondary N) is 1. The van der Waals surface area contributed by atoms with Crippen LogP contribution in [-0.4, -0.2) is 35.6 Å². The van der Waals surface area contributed by atoms with Crippen molar-refractivity contribution in [3.8, 4) is 5.88 Å². The molecule has 2 rings (SSSR count). The fraction of sp³-hybridized carbons (Fsp3) is 0.692. The number of hydrogen-bond donors (Lipinski definition) is 1. The molecule has 0 spiro atoms. The molecule has 2 heterocycles. The van der Waals surface area contributed by atoms with E-state index in [-0.39, 0.29) is 6.10 Å². The van der Waals surface area contributed by atoms with Crippen molar-refractivity contribution in [2.24, 2.45) is 0 Å². The van der Waals surface area contributed by atoms with Gasteiger partial charge in [-0.2, -0.15) is 5.10 Å². The van der Waals surface area contributed by atoms with Crippen LogP contribution in [0.3, 0.4) is 0 Å². The summed E-state index contributed by atoms with van der Waals surface area (Å²) in [5.41, 5.74) is 0.933. The van der Waals surface area contributed by atoms with E-state index in [2.05, 4.69) is 29.4 Å². The molecule has 1 N–H and O–H groups in total. The van der Waals surface area contributed by atoms with Crippen LogP contribution >= 0.6 is 0 Å². The van der Waals surface area contributed by atoms with E-state index in [0.717, 1.165) is 38.3 Å². The van der Waals surface area contributed by atoms with Gasteiger partial charge in [0.25, 0.3) is 0 Å². The average Bonchev–Trinajstić information content (AvgIpc) is 2.39. The van der Waals surface area contributed by atoms with Gasteiger partial charge in [-0.25, -0.2) is 0 Å². The highest BCUT2D eigenvalue weighted by molar-refractivity contribution is 5.11. The Balaban J connectivity index is 1.83. The predicted molar refractivity (Wildman–Crippen MR) is 68.5 cm³/mol. The molecule has 0 bridgehead atoms.